The normalized spacial score (nSPS) is 21.9. The van der Waals surface area contributed by atoms with E-state index in [4.69, 9.17) is 0 Å². The Morgan fingerprint density at radius 1 is 1.44 bits per heavy atom. The van der Waals surface area contributed by atoms with Crippen LogP contribution in [-0.2, 0) is 4.79 Å². The number of Topliss-reactive ketones (excluding diaryl/α,β-unsaturated/α-hetero) is 1. The summed E-state index contributed by atoms with van der Waals surface area (Å²) in [6.45, 7) is 3.46. The van der Waals surface area contributed by atoms with Gasteiger partial charge in [0.1, 0.15) is 19.0 Å². The molecule has 1 heterocycles. The summed E-state index contributed by atoms with van der Waals surface area (Å²) in [5.74, 6) is 0.660. The third kappa shape index (κ3) is 1.79. The molecule has 1 aliphatic rings. The fraction of sp³-hybridized carbons (Fsp3) is 0.857. The summed E-state index contributed by atoms with van der Waals surface area (Å²) < 4.78 is 4.16. The Bertz CT molecular complexity index is 103. The van der Waals surface area contributed by atoms with Crippen molar-refractivity contribution >= 4 is 5.78 Å². The van der Waals surface area contributed by atoms with Gasteiger partial charge in [-0.15, -0.1) is 0 Å². The molecule has 1 saturated heterocycles. The first-order chi connectivity index (χ1) is 4.30. The predicted octanol–water partition coefficient (Wildman–Crippen LogP) is 0.513. The van der Waals surface area contributed by atoms with Crippen molar-refractivity contribution in [1.82, 2.24) is 0 Å². The van der Waals surface area contributed by atoms with E-state index in [2.05, 4.69) is 4.74 Å². The monoisotopic (exact) mass is 129 g/mol. The third-order valence-electron chi connectivity index (χ3n) is 1.85. The molecule has 0 aliphatic carbocycles. The molecule has 0 amide bonds. The number of rotatable bonds is 1. The van der Waals surface area contributed by atoms with Crippen LogP contribution in [0, 0.1) is 5.92 Å². The first-order valence-corrected chi connectivity index (χ1v) is 3.44. The molecule has 2 heteroatoms. The van der Waals surface area contributed by atoms with Crippen molar-refractivity contribution < 1.29 is 9.53 Å². The summed E-state index contributed by atoms with van der Waals surface area (Å²) in [6, 6.07) is 0. The number of ether oxygens (including phenoxy) is 1. The summed E-state index contributed by atoms with van der Waals surface area (Å²) in [4.78, 5) is 10.8. The maximum absolute atomic E-state index is 10.8. The van der Waals surface area contributed by atoms with E-state index in [1.165, 1.54) is 0 Å². The van der Waals surface area contributed by atoms with Crippen LogP contribution in [0.25, 0.3) is 0 Å². The zero-order chi connectivity index (χ0) is 6.69. The highest BCUT2D eigenvalue weighted by molar-refractivity contribution is 5.78. The van der Waals surface area contributed by atoms with Gasteiger partial charge in [0.2, 0.25) is 0 Å². The van der Waals surface area contributed by atoms with E-state index in [-0.39, 0.29) is 0 Å². The summed E-state index contributed by atoms with van der Waals surface area (Å²) in [5, 5.41) is 0. The van der Waals surface area contributed by atoms with Gasteiger partial charge >= 0.3 is 0 Å². The SMILES string of the molecule is CC(=O)C1CC[OH+]CC1. The maximum atomic E-state index is 10.8. The molecule has 0 aromatic heterocycles. The summed E-state index contributed by atoms with van der Waals surface area (Å²) in [5.41, 5.74) is 0. The van der Waals surface area contributed by atoms with Gasteiger partial charge in [-0.05, 0) is 6.92 Å². The van der Waals surface area contributed by atoms with E-state index in [9.17, 15) is 4.79 Å². The second kappa shape index (κ2) is 2.97. The molecule has 0 radical (unpaired) electrons. The van der Waals surface area contributed by atoms with Crippen LogP contribution in [0.1, 0.15) is 19.8 Å². The molecule has 1 rings (SSSR count). The lowest BCUT2D eigenvalue weighted by Crippen LogP contribution is -2.23. The minimum atomic E-state index is 0.322. The Morgan fingerprint density at radius 2 is 2.00 bits per heavy atom. The van der Waals surface area contributed by atoms with E-state index >= 15 is 0 Å². The second-order valence-electron chi connectivity index (χ2n) is 2.56. The van der Waals surface area contributed by atoms with Crippen molar-refractivity contribution in [2.24, 2.45) is 5.92 Å². The number of carbonyl (C=O) groups is 1. The minimum absolute atomic E-state index is 0.322. The average Bonchev–Trinajstić information content (AvgIpc) is 1.90. The van der Waals surface area contributed by atoms with Gasteiger partial charge in [0, 0.05) is 18.8 Å². The van der Waals surface area contributed by atoms with Gasteiger partial charge < -0.3 is 4.74 Å². The molecule has 0 aromatic carbocycles. The topological polar surface area (TPSA) is 29.9 Å². The Labute approximate surface area is 55.2 Å². The van der Waals surface area contributed by atoms with Crippen molar-refractivity contribution in [2.45, 2.75) is 19.8 Å². The molecule has 0 saturated carbocycles. The number of hydrogen-bond donors (Lipinski definition) is 0. The molecule has 0 atom stereocenters. The predicted molar refractivity (Wildman–Crippen MR) is 35.4 cm³/mol. The molecule has 0 unspecified atom stereocenters. The molecular formula is C7H13O2+. The van der Waals surface area contributed by atoms with E-state index in [1.807, 2.05) is 0 Å². The number of aliphatic hydroxyl groups is 2. The first-order valence-electron chi connectivity index (χ1n) is 3.44. The number of ketones is 1. The van der Waals surface area contributed by atoms with Crippen LogP contribution >= 0.6 is 0 Å². The van der Waals surface area contributed by atoms with Crippen molar-refractivity contribution in [3.63, 3.8) is 0 Å². The fourth-order valence-electron chi connectivity index (χ4n) is 1.16. The lowest BCUT2D eigenvalue weighted by molar-refractivity contribution is -0.130. The standard InChI is InChI=1S/C7H12O2/c1-6(8)7-2-4-9-5-3-7/h7H,2-5H2,1H3/p+1. The van der Waals surface area contributed by atoms with Crippen LogP contribution in [0.4, 0.5) is 0 Å². The van der Waals surface area contributed by atoms with Gasteiger partial charge in [0.05, 0.1) is 0 Å². The summed E-state index contributed by atoms with van der Waals surface area (Å²) in [7, 11) is 0. The molecule has 0 aromatic rings. The zero-order valence-corrected chi connectivity index (χ0v) is 5.76. The van der Waals surface area contributed by atoms with Gasteiger partial charge in [0.15, 0.2) is 0 Å². The van der Waals surface area contributed by atoms with Crippen LogP contribution in [0.5, 0.6) is 0 Å². The Kier molecular flexibility index (Phi) is 2.22. The molecule has 1 fully saturated rings. The minimum Gasteiger partial charge on any atom is -0.434 e. The highest BCUT2D eigenvalue weighted by Crippen LogP contribution is 2.13. The van der Waals surface area contributed by atoms with Crippen LogP contribution in [-0.4, -0.2) is 23.7 Å². The molecule has 2 nitrogen and oxygen atoms in total. The molecule has 1 aliphatic heterocycles. The van der Waals surface area contributed by atoms with Crippen molar-refractivity contribution in [3.05, 3.63) is 0 Å². The van der Waals surface area contributed by atoms with Crippen molar-refractivity contribution in [2.75, 3.05) is 13.2 Å². The molecule has 1 N–H and O–H groups in total. The smallest absolute Gasteiger partial charge is 0.145 e. The number of carbonyl (C=O) groups excluding carboxylic acids is 1. The van der Waals surface area contributed by atoms with E-state index in [0.717, 1.165) is 26.1 Å². The molecule has 9 heavy (non-hydrogen) atoms. The van der Waals surface area contributed by atoms with Gasteiger partial charge in [-0.1, -0.05) is 0 Å². The average molecular weight is 129 g/mol. The quantitative estimate of drug-likeness (QED) is 0.474. The third-order valence-corrected chi connectivity index (χ3v) is 1.85. The van der Waals surface area contributed by atoms with Gasteiger partial charge in [0.25, 0.3) is 0 Å². The Balaban J connectivity index is 2.31. The highest BCUT2D eigenvalue weighted by Gasteiger charge is 2.19. The first kappa shape index (κ1) is 6.75. The van der Waals surface area contributed by atoms with Crippen LogP contribution in [0.2, 0.25) is 0 Å². The summed E-state index contributed by atoms with van der Waals surface area (Å²) >= 11 is 0. The highest BCUT2D eigenvalue weighted by atomic mass is 16.5. The lowest BCUT2D eigenvalue weighted by Gasteiger charge is -2.15. The van der Waals surface area contributed by atoms with E-state index in [1.54, 1.807) is 6.92 Å². The summed E-state index contributed by atoms with van der Waals surface area (Å²) in [6.07, 6.45) is 1.96. The fourth-order valence-corrected chi connectivity index (χ4v) is 1.16. The van der Waals surface area contributed by atoms with Crippen LogP contribution in [0.15, 0.2) is 0 Å². The lowest BCUT2D eigenvalue weighted by atomic mass is 9.97. The van der Waals surface area contributed by atoms with Crippen molar-refractivity contribution in [1.29, 1.82) is 0 Å². The van der Waals surface area contributed by atoms with Gasteiger partial charge in [-0.2, -0.15) is 0 Å². The maximum Gasteiger partial charge on any atom is 0.145 e. The zero-order valence-electron chi connectivity index (χ0n) is 5.76. The van der Waals surface area contributed by atoms with Gasteiger partial charge in [-0.3, -0.25) is 4.79 Å². The van der Waals surface area contributed by atoms with Crippen LogP contribution in [0.3, 0.4) is 0 Å². The second-order valence-corrected chi connectivity index (χ2v) is 2.56. The molecule has 0 bridgehead atoms. The van der Waals surface area contributed by atoms with Crippen LogP contribution < -0.4 is 0 Å². The van der Waals surface area contributed by atoms with Crippen molar-refractivity contribution in [3.8, 4) is 0 Å². The molecule has 0 spiro atoms. The van der Waals surface area contributed by atoms with Gasteiger partial charge in [-0.25, -0.2) is 0 Å². The molecular weight excluding hydrogens is 116 g/mol. The Hall–Kier alpha value is -0.370. The van der Waals surface area contributed by atoms with E-state index in [0.29, 0.717) is 11.7 Å². The van der Waals surface area contributed by atoms with E-state index < -0.39 is 0 Å². The largest absolute Gasteiger partial charge is 0.434 e. The number of hydrogen-bond acceptors (Lipinski definition) is 1. The molecule has 52 valence electrons. The Morgan fingerprint density at radius 3 is 2.33 bits per heavy atom.